The SMILES string of the molecule is COc1ccc(C(=O)NC2CCOc3c(Cl)cccc32)cc1[N+](=O)[O-]. The first-order chi connectivity index (χ1) is 12.0. The lowest BCUT2D eigenvalue weighted by molar-refractivity contribution is -0.385. The van der Waals surface area contributed by atoms with E-state index in [4.69, 9.17) is 21.1 Å². The van der Waals surface area contributed by atoms with Crippen LogP contribution < -0.4 is 14.8 Å². The number of para-hydroxylation sites is 1. The van der Waals surface area contributed by atoms with Gasteiger partial charge in [0.2, 0.25) is 0 Å². The zero-order chi connectivity index (χ0) is 18.0. The number of ether oxygens (including phenoxy) is 2. The van der Waals surface area contributed by atoms with E-state index in [0.717, 1.165) is 5.56 Å². The van der Waals surface area contributed by atoms with Crippen LogP contribution in [0.4, 0.5) is 5.69 Å². The van der Waals surface area contributed by atoms with Crippen LogP contribution in [0.1, 0.15) is 28.4 Å². The second-order valence-corrected chi connectivity index (χ2v) is 5.87. The maximum absolute atomic E-state index is 12.5. The van der Waals surface area contributed by atoms with E-state index in [0.29, 0.717) is 23.8 Å². The van der Waals surface area contributed by atoms with Crippen LogP contribution in [0.2, 0.25) is 5.02 Å². The van der Waals surface area contributed by atoms with E-state index in [1.54, 1.807) is 12.1 Å². The largest absolute Gasteiger partial charge is 0.492 e. The van der Waals surface area contributed by atoms with E-state index < -0.39 is 10.8 Å². The lowest BCUT2D eigenvalue weighted by Gasteiger charge is -2.27. The van der Waals surface area contributed by atoms with E-state index in [-0.39, 0.29) is 23.0 Å². The molecule has 0 fully saturated rings. The third kappa shape index (κ3) is 3.36. The van der Waals surface area contributed by atoms with Crippen molar-refractivity contribution < 1.29 is 19.2 Å². The Morgan fingerprint density at radius 2 is 2.20 bits per heavy atom. The van der Waals surface area contributed by atoms with Crippen molar-refractivity contribution in [1.29, 1.82) is 0 Å². The number of carbonyl (C=O) groups is 1. The second-order valence-electron chi connectivity index (χ2n) is 5.47. The number of nitro benzene ring substituents is 1. The van der Waals surface area contributed by atoms with Gasteiger partial charge in [0, 0.05) is 23.6 Å². The summed E-state index contributed by atoms with van der Waals surface area (Å²) in [6.07, 6.45) is 0.581. The summed E-state index contributed by atoms with van der Waals surface area (Å²) in [7, 11) is 1.34. The fourth-order valence-electron chi connectivity index (χ4n) is 2.75. The summed E-state index contributed by atoms with van der Waals surface area (Å²) in [5.41, 5.74) is 0.711. The van der Waals surface area contributed by atoms with Gasteiger partial charge in [0.05, 0.1) is 29.7 Å². The van der Waals surface area contributed by atoms with Crippen molar-refractivity contribution in [2.45, 2.75) is 12.5 Å². The van der Waals surface area contributed by atoms with Crippen molar-refractivity contribution in [1.82, 2.24) is 5.32 Å². The van der Waals surface area contributed by atoms with Crippen molar-refractivity contribution in [3.63, 3.8) is 0 Å². The van der Waals surface area contributed by atoms with Crippen LogP contribution >= 0.6 is 11.6 Å². The Labute approximate surface area is 148 Å². The molecule has 1 aliphatic heterocycles. The van der Waals surface area contributed by atoms with Gasteiger partial charge in [-0.15, -0.1) is 0 Å². The maximum Gasteiger partial charge on any atom is 0.311 e. The average Bonchev–Trinajstić information content (AvgIpc) is 2.62. The zero-order valence-corrected chi connectivity index (χ0v) is 14.1. The molecule has 3 rings (SSSR count). The van der Waals surface area contributed by atoms with Crippen molar-refractivity contribution in [2.24, 2.45) is 0 Å². The smallest absolute Gasteiger partial charge is 0.311 e. The molecule has 7 nitrogen and oxygen atoms in total. The van der Waals surface area contributed by atoms with Crippen molar-refractivity contribution in [3.05, 3.63) is 62.7 Å². The molecule has 130 valence electrons. The Kier molecular flexibility index (Phi) is 4.76. The van der Waals surface area contributed by atoms with Gasteiger partial charge in [-0.25, -0.2) is 0 Å². The highest BCUT2D eigenvalue weighted by atomic mass is 35.5. The van der Waals surface area contributed by atoms with Crippen LogP contribution in [0, 0.1) is 10.1 Å². The molecule has 0 saturated carbocycles. The number of halogens is 1. The highest BCUT2D eigenvalue weighted by Gasteiger charge is 2.26. The summed E-state index contributed by atoms with van der Waals surface area (Å²) in [4.78, 5) is 23.1. The lowest BCUT2D eigenvalue weighted by atomic mass is 10.00. The minimum absolute atomic E-state index is 0.102. The van der Waals surface area contributed by atoms with Crippen molar-refractivity contribution in [3.8, 4) is 11.5 Å². The highest BCUT2D eigenvalue weighted by molar-refractivity contribution is 6.32. The number of methoxy groups -OCH3 is 1. The molecule has 0 saturated heterocycles. The van der Waals surface area contributed by atoms with Crippen LogP contribution in [-0.4, -0.2) is 24.5 Å². The minimum atomic E-state index is -0.584. The van der Waals surface area contributed by atoms with Gasteiger partial charge in [-0.2, -0.15) is 0 Å². The highest BCUT2D eigenvalue weighted by Crippen LogP contribution is 2.37. The van der Waals surface area contributed by atoms with Gasteiger partial charge < -0.3 is 14.8 Å². The van der Waals surface area contributed by atoms with Gasteiger partial charge in [-0.05, 0) is 18.2 Å². The summed E-state index contributed by atoms with van der Waals surface area (Å²) in [5.74, 6) is 0.245. The number of hydrogen-bond acceptors (Lipinski definition) is 5. The summed E-state index contributed by atoms with van der Waals surface area (Å²) in [6.45, 7) is 0.421. The van der Waals surface area contributed by atoms with Gasteiger partial charge in [0.15, 0.2) is 5.75 Å². The third-order valence-corrected chi connectivity index (χ3v) is 4.27. The van der Waals surface area contributed by atoms with E-state index >= 15 is 0 Å². The molecule has 25 heavy (non-hydrogen) atoms. The van der Waals surface area contributed by atoms with E-state index in [9.17, 15) is 14.9 Å². The molecule has 1 unspecified atom stereocenters. The van der Waals surface area contributed by atoms with Crippen LogP contribution in [0.3, 0.4) is 0 Å². The number of nitrogens with one attached hydrogen (secondary N) is 1. The van der Waals surface area contributed by atoms with Gasteiger partial charge in [0.1, 0.15) is 5.75 Å². The fourth-order valence-corrected chi connectivity index (χ4v) is 2.99. The summed E-state index contributed by atoms with van der Waals surface area (Å²) >= 11 is 6.12. The third-order valence-electron chi connectivity index (χ3n) is 3.97. The Balaban J connectivity index is 1.86. The Hall–Kier alpha value is -2.80. The molecule has 1 aliphatic rings. The predicted octanol–water partition coefficient (Wildman–Crippen LogP) is 3.51. The second kappa shape index (κ2) is 6.98. The predicted molar refractivity (Wildman–Crippen MR) is 91.4 cm³/mol. The quantitative estimate of drug-likeness (QED) is 0.663. The molecular weight excluding hydrogens is 348 g/mol. The molecular formula is C17H15ClN2O5. The molecule has 1 atom stereocenters. The van der Waals surface area contributed by atoms with E-state index in [2.05, 4.69) is 5.32 Å². The first-order valence-corrected chi connectivity index (χ1v) is 7.93. The van der Waals surface area contributed by atoms with E-state index in [1.807, 2.05) is 6.07 Å². The molecule has 0 aromatic heterocycles. The zero-order valence-electron chi connectivity index (χ0n) is 13.3. The van der Waals surface area contributed by atoms with Crippen LogP contribution in [-0.2, 0) is 0 Å². The number of amides is 1. The minimum Gasteiger partial charge on any atom is -0.492 e. The van der Waals surface area contributed by atoms with E-state index in [1.165, 1.54) is 25.3 Å². The van der Waals surface area contributed by atoms with Crippen molar-refractivity contribution in [2.75, 3.05) is 13.7 Å². The van der Waals surface area contributed by atoms with Gasteiger partial charge in [0.25, 0.3) is 5.91 Å². The number of benzene rings is 2. The number of fused-ring (bicyclic) bond motifs is 1. The number of carbonyl (C=O) groups excluding carboxylic acids is 1. The molecule has 1 heterocycles. The molecule has 8 heteroatoms. The van der Waals surface area contributed by atoms with Crippen LogP contribution in [0.5, 0.6) is 11.5 Å². The fraction of sp³-hybridized carbons (Fsp3) is 0.235. The first kappa shape index (κ1) is 17.0. The lowest BCUT2D eigenvalue weighted by Crippen LogP contribution is -2.32. The molecule has 0 aliphatic carbocycles. The average molecular weight is 363 g/mol. The molecule has 2 aromatic carbocycles. The van der Waals surface area contributed by atoms with Gasteiger partial charge in [-0.3, -0.25) is 14.9 Å². The Morgan fingerprint density at radius 1 is 1.40 bits per heavy atom. The molecule has 0 radical (unpaired) electrons. The van der Waals surface area contributed by atoms with Gasteiger partial charge in [-0.1, -0.05) is 23.7 Å². The molecule has 1 N–H and O–H groups in total. The molecule has 2 aromatic rings. The number of nitro groups is 1. The summed E-state index contributed by atoms with van der Waals surface area (Å²) < 4.78 is 10.5. The standard InChI is InChI=1S/C17H15ClN2O5/c1-24-15-6-5-10(9-14(15)20(22)23)17(21)19-13-7-8-25-16-11(13)3-2-4-12(16)18/h2-6,9,13H,7-8H2,1H3,(H,19,21). The number of nitrogens with zero attached hydrogens (tertiary/aromatic N) is 1. The van der Waals surface area contributed by atoms with Gasteiger partial charge >= 0.3 is 5.69 Å². The Bertz CT molecular complexity index is 840. The van der Waals surface area contributed by atoms with Crippen LogP contribution in [0.25, 0.3) is 0 Å². The maximum atomic E-state index is 12.5. The molecule has 1 amide bonds. The topological polar surface area (TPSA) is 90.7 Å². The number of hydrogen-bond donors (Lipinski definition) is 1. The normalized spacial score (nSPS) is 15.7. The monoisotopic (exact) mass is 362 g/mol. The summed E-state index contributed by atoms with van der Waals surface area (Å²) in [5, 5.41) is 14.5. The molecule has 0 bridgehead atoms. The number of rotatable bonds is 4. The summed E-state index contributed by atoms with van der Waals surface area (Å²) in [6, 6.07) is 9.15. The Morgan fingerprint density at radius 3 is 2.92 bits per heavy atom. The first-order valence-electron chi connectivity index (χ1n) is 7.55. The van der Waals surface area contributed by atoms with Crippen molar-refractivity contribution >= 4 is 23.2 Å². The molecule has 0 spiro atoms. The van der Waals surface area contributed by atoms with Crippen LogP contribution in [0.15, 0.2) is 36.4 Å².